The van der Waals surface area contributed by atoms with E-state index in [1.165, 1.54) is 18.0 Å². The van der Waals surface area contributed by atoms with Crippen LogP contribution in [0.4, 0.5) is 8.78 Å². The summed E-state index contributed by atoms with van der Waals surface area (Å²) in [6.07, 6.45) is 4.53. The van der Waals surface area contributed by atoms with Crippen molar-refractivity contribution < 1.29 is 8.78 Å². The van der Waals surface area contributed by atoms with Crippen LogP contribution in [-0.2, 0) is 13.0 Å². The van der Waals surface area contributed by atoms with Gasteiger partial charge in [-0.15, -0.1) is 24.0 Å². The molecule has 1 atom stereocenters. The average Bonchev–Trinajstić information content (AvgIpc) is 3.06. The van der Waals surface area contributed by atoms with Crippen LogP contribution in [0.1, 0.15) is 31.3 Å². The third kappa shape index (κ3) is 6.97. The predicted molar refractivity (Wildman–Crippen MR) is 106 cm³/mol. The highest BCUT2D eigenvalue weighted by atomic mass is 127. The molecule has 0 fully saturated rings. The fourth-order valence-electron chi connectivity index (χ4n) is 2.35. The second-order valence-corrected chi connectivity index (χ2v) is 5.52. The summed E-state index contributed by atoms with van der Waals surface area (Å²) < 4.78 is 26.4. The van der Waals surface area contributed by atoms with Crippen LogP contribution in [-0.4, -0.2) is 28.6 Å². The number of rotatable bonds is 7. The second-order valence-electron chi connectivity index (χ2n) is 5.52. The Bertz CT molecular complexity index is 645. The van der Waals surface area contributed by atoms with Gasteiger partial charge in [-0.2, -0.15) is 8.78 Å². The molecule has 0 amide bonds. The Labute approximate surface area is 164 Å². The number of alkyl halides is 2. The van der Waals surface area contributed by atoms with E-state index in [0.717, 1.165) is 17.4 Å². The van der Waals surface area contributed by atoms with Gasteiger partial charge in [-0.3, -0.25) is 9.56 Å². The van der Waals surface area contributed by atoms with Gasteiger partial charge in [0, 0.05) is 25.5 Å². The number of hydrogen-bond donors (Lipinski definition) is 2. The number of benzene rings is 1. The smallest absolute Gasteiger partial charge is 0.319 e. The van der Waals surface area contributed by atoms with E-state index in [-0.39, 0.29) is 42.4 Å². The van der Waals surface area contributed by atoms with E-state index in [2.05, 4.69) is 39.7 Å². The summed E-state index contributed by atoms with van der Waals surface area (Å²) in [6, 6.07) is 10.5. The van der Waals surface area contributed by atoms with Crippen LogP contribution in [0.2, 0.25) is 0 Å². The van der Waals surface area contributed by atoms with Crippen LogP contribution in [0.25, 0.3) is 0 Å². The molecular weight excluding hydrogens is 439 g/mol. The zero-order valence-corrected chi connectivity index (χ0v) is 16.7. The molecule has 1 aromatic heterocycles. The molecule has 138 valence electrons. The monoisotopic (exact) mass is 463 g/mol. The number of guanidine groups is 1. The molecule has 2 rings (SSSR count). The van der Waals surface area contributed by atoms with Crippen molar-refractivity contribution in [2.45, 2.75) is 38.9 Å². The van der Waals surface area contributed by atoms with Gasteiger partial charge in [-0.05, 0) is 25.3 Å². The van der Waals surface area contributed by atoms with E-state index in [1.807, 2.05) is 18.2 Å². The Kier molecular flexibility index (Phi) is 9.40. The topological polar surface area (TPSA) is 54.2 Å². The Hall–Kier alpha value is -1.71. The molecule has 0 radical (unpaired) electrons. The molecule has 0 aliphatic rings. The standard InChI is InChI=1S/C17H23F2N5.HI/c1-13(8-9-14-6-4-3-5-7-14)23-17(20-2)22-12-15-21-10-11-24(15)16(18)19;/h3-7,10-11,13,16H,8-9,12H2,1-2H3,(H2,20,22,23);1H. The van der Waals surface area contributed by atoms with Crippen molar-refractivity contribution in [3.63, 3.8) is 0 Å². The van der Waals surface area contributed by atoms with E-state index >= 15 is 0 Å². The van der Waals surface area contributed by atoms with Gasteiger partial charge >= 0.3 is 6.55 Å². The first kappa shape index (κ1) is 21.3. The summed E-state index contributed by atoms with van der Waals surface area (Å²) in [5.41, 5.74) is 1.29. The van der Waals surface area contributed by atoms with Crippen molar-refractivity contribution in [1.29, 1.82) is 0 Å². The van der Waals surface area contributed by atoms with Crippen molar-refractivity contribution in [2.24, 2.45) is 4.99 Å². The third-order valence-corrected chi connectivity index (χ3v) is 3.69. The van der Waals surface area contributed by atoms with E-state index in [4.69, 9.17) is 0 Å². The lowest BCUT2D eigenvalue weighted by atomic mass is 10.1. The molecule has 0 saturated carbocycles. The SMILES string of the molecule is CN=C(NCc1nccn1C(F)F)NC(C)CCc1ccccc1.I. The van der Waals surface area contributed by atoms with Crippen LogP contribution in [0.3, 0.4) is 0 Å². The van der Waals surface area contributed by atoms with Crippen LogP contribution in [0, 0.1) is 0 Å². The molecule has 0 aliphatic heterocycles. The van der Waals surface area contributed by atoms with Crippen LogP contribution in [0.5, 0.6) is 0 Å². The van der Waals surface area contributed by atoms with Gasteiger partial charge in [0.15, 0.2) is 5.96 Å². The Morgan fingerprint density at radius 3 is 2.64 bits per heavy atom. The number of nitrogens with one attached hydrogen (secondary N) is 2. The average molecular weight is 463 g/mol. The first-order chi connectivity index (χ1) is 11.6. The van der Waals surface area contributed by atoms with Gasteiger partial charge in [0.25, 0.3) is 0 Å². The number of hydrogen-bond acceptors (Lipinski definition) is 2. The minimum atomic E-state index is -2.59. The van der Waals surface area contributed by atoms with Gasteiger partial charge < -0.3 is 10.6 Å². The fraction of sp³-hybridized carbons (Fsp3) is 0.412. The van der Waals surface area contributed by atoms with Gasteiger partial charge in [0.1, 0.15) is 5.82 Å². The quantitative estimate of drug-likeness (QED) is 0.375. The third-order valence-electron chi connectivity index (χ3n) is 3.69. The van der Waals surface area contributed by atoms with Crippen LogP contribution >= 0.6 is 24.0 Å². The molecule has 1 aromatic carbocycles. The van der Waals surface area contributed by atoms with Gasteiger partial charge in [-0.1, -0.05) is 30.3 Å². The lowest BCUT2D eigenvalue weighted by Gasteiger charge is -2.18. The molecular formula is C17H24F2IN5. The number of nitrogens with zero attached hydrogens (tertiary/aromatic N) is 3. The highest BCUT2D eigenvalue weighted by Crippen LogP contribution is 2.12. The summed E-state index contributed by atoms with van der Waals surface area (Å²) in [6.45, 7) is -0.345. The molecule has 2 aromatic rings. The van der Waals surface area contributed by atoms with E-state index in [1.54, 1.807) is 7.05 Å². The zero-order valence-electron chi connectivity index (χ0n) is 14.3. The first-order valence-electron chi connectivity index (χ1n) is 7.91. The Morgan fingerprint density at radius 1 is 1.28 bits per heavy atom. The van der Waals surface area contributed by atoms with Crippen molar-refractivity contribution in [3.05, 3.63) is 54.1 Å². The van der Waals surface area contributed by atoms with Crippen molar-refractivity contribution >= 4 is 29.9 Å². The predicted octanol–water partition coefficient (Wildman–Crippen LogP) is 3.58. The molecule has 0 spiro atoms. The minimum absolute atomic E-state index is 0. The maximum Gasteiger partial charge on any atom is 0.319 e. The van der Waals surface area contributed by atoms with Crippen molar-refractivity contribution in [2.75, 3.05) is 7.05 Å². The maximum atomic E-state index is 12.8. The summed E-state index contributed by atoms with van der Waals surface area (Å²) >= 11 is 0. The molecule has 1 unspecified atom stereocenters. The molecule has 1 heterocycles. The molecule has 0 saturated heterocycles. The summed E-state index contributed by atoms with van der Waals surface area (Å²) in [5.74, 6) is 0.837. The number of imidazole rings is 1. The van der Waals surface area contributed by atoms with Gasteiger partial charge in [0.05, 0.1) is 6.54 Å². The van der Waals surface area contributed by atoms with Crippen molar-refractivity contribution in [3.8, 4) is 0 Å². The molecule has 25 heavy (non-hydrogen) atoms. The molecule has 0 aliphatic carbocycles. The fourth-order valence-corrected chi connectivity index (χ4v) is 2.35. The lowest BCUT2D eigenvalue weighted by molar-refractivity contribution is 0.0668. The van der Waals surface area contributed by atoms with Gasteiger partial charge in [0.2, 0.25) is 0 Å². The van der Waals surface area contributed by atoms with Gasteiger partial charge in [-0.25, -0.2) is 4.98 Å². The Balaban J connectivity index is 0.00000312. The normalized spacial score (nSPS) is 12.6. The van der Waals surface area contributed by atoms with E-state index in [9.17, 15) is 8.78 Å². The van der Waals surface area contributed by atoms with Crippen LogP contribution in [0.15, 0.2) is 47.7 Å². The highest BCUT2D eigenvalue weighted by Gasteiger charge is 2.12. The number of aromatic nitrogens is 2. The number of halogens is 3. The van der Waals surface area contributed by atoms with Crippen LogP contribution < -0.4 is 10.6 Å². The molecule has 2 N–H and O–H groups in total. The molecule has 0 bridgehead atoms. The summed E-state index contributed by atoms with van der Waals surface area (Å²) in [7, 11) is 1.65. The Morgan fingerprint density at radius 2 is 2.00 bits per heavy atom. The molecule has 5 nitrogen and oxygen atoms in total. The zero-order chi connectivity index (χ0) is 17.4. The second kappa shape index (κ2) is 11.0. The maximum absolute atomic E-state index is 12.8. The highest BCUT2D eigenvalue weighted by molar-refractivity contribution is 14.0. The lowest BCUT2D eigenvalue weighted by Crippen LogP contribution is -2.42. The summed E-state index contributed by atoms with van der Waals surface area (Å²) in [4.78, 5) is 8.06. The summed E-state index contributed by atoms with van der Waals surface area (Å²) in [5, 5.41) is 6.28. The largest absolute Gasteiger partial charge is 0.354 e. The minimum Gasteiger partial charge on any atom is -0.354 e. The number of aryl methyl sites for hydroxylation is 1. The molecule has 8 heteroatoms. The number of aliphatic imine (C=N–C) groups is 1. The van der Waals surface area contributed by atoms with E-state index < -0.39 is 6.55 Å². The van der Waals surface area contributed by atoms with Crippen molar-refractivity contribution in [1.82, 2.24) is 20.2 Å². The first-order valence-corrected chi connectivity index (χ1v) is 7.91. The van der Waals surface area contributed by atoms with E-state index in [0.29, 0.717) is 5.96 Å².